The van der Waals surface area contributed by atoms with E-state index < -0.39 is 0 Å². The lowest BCUT2D eigenvalue weighted by atomic mass is 10.1. The van der Waals surface area contributed by atoms with E-state index in [4.69, 9.17) is 4.74 Å². The number of benzene rings is 1. The van der Waals surface area contributed by atoms with Gasteiger partial charge in [-0.3, -0.25) is 0 Å². The molecule has 82 valence electrons. The fourth-order valence-corrected chi connectivity index (χ4v) is 1.56. The third kappa shape index (κ3) is 3.10. The Bertz CT molecular complexity index is 309. The molecule has 0 spiro atoms. The van der Waals surface area contributed by atoms with E-state index in [1.807, 2.05) is 31.2 Å². The van der Waals surface area contributed by atoms with Gasteiger partial charge < -0.3 is 10.1 Å². The molecule has 0 bridgehead atoms. The van der Waals surface area contributed by atoms with Crippen molar-refractivity contribution in [2.24, 2.45) is 0 Å². The number of hydrogen-bond acceptors (Lipinski definition) is 2. The fourth-order valence-electron chi connectivity index (χ4n) is 1.56. The zero-order chi connectivity index (χ0) is 11.1. The predicted molar refractivity (Wildman–Crippen MR) is 64.2 cm³/mol. The molecule has 1 atom stereocenters. The summed E-state index contributed by atoms with van der Waals surface area (Å²) in [5.74, 6) is 0.936. The first-order chi connectivity index (χ1) is 7.33. The van der Waals surface area contributed by atoms with Crippen LogP contribution in [0.15, 0.2) is 36.9 Å². The molecule has 0 aliphatic rings. The molecule has 1 unspecified atom stereocenters. The SMILES string of the molecule is C=CC(NCC)c1ccccc1OCC. The van der Waals surface area contributed by atoms with E-state index >= 15 is 0 Å². The van der Waals surface area contributed by atoms with Crippen molar-refractivity contribution in [3.05, 3.63) is 42.5 Å². The van der Waals surface area contributed by atoms with Crippen LogP contribution in [0.3, 0.4) is 0 Å². The highest BCUT2D eigenvalue weighted by atomic mass is 16.5. The number of rotatable bonds is 6. The third-order valence-corrected chi connectivity index (χ3v) is 2.21. The van der Waals surface area contributed by atoms with Gasteiger partial charge in [-0.15, -0.1) is 6.58 Å². The number of nitrogens with one attached hydrogen (secondary N) is 1. The molecule has 15 heavy (non-hydrogen) atoms. The lowest BCUT2D eigenvalue weighted by Gasteiger charge is -2.17. The smallest absolute Gasteiger partial charge is 0.124 e. The molecule has 1 aromatic rings. The van der Waals surface area contributed by atoms with E-state index in [1.54, 1.807) is 0 Å². The second-order valence-electron chi connectivity index (χ2n) is 3.24. The summed E-state index contributed by atoms with van der Waals surface area (Å²) in [6.07, 6.45) is 1.90. The summed E-state index contributed by atoms with van der Waals surface area (Å²) < 4.78 is 5.58. The van der Waals surface area contributed by atoms with Crippen LogP contribution in [0.2, 0.25) is 0 Å². The van der Waals surface area contributed by atoms with Gasteiger partial charge in [-0.25, -0.2) is 0 Å². The summed E-state index contributed by atoms with van der Waals surface area (Å²) in [6, 6.07) is 8.23. The molecule has 0 aliphatic carbocycles. The first kappa shape index (κ1) is 11.8. The van der Waals surface area contributed by atoms with Gasteiger partial charge in [0.25, 0.3) is 0 Å². The van der Waals surface area contributed by atoms with Crippen LogP contribution >= 0.6 is 0 Å². The van der Waals surface area contributed by atoms with E-state index in [9.17, 15) is 0 Å². The van der Waals surface area contributed by atoms with Gasteiger partial charge >= 0.3 is 0 Å². The summed E-state index contributed by atoms with van der Waals surface area (Å²) >= 11 is 0. The second-order valence-corrected chi connectivity index (χ2v) is 3.24. The number of likely N-dealkylation sites (N-methyl/N-ethyl adjacent to an activating group) is 1. The molecule has 0 radical (unpaired) electrons. The maximum Gasteiger partial charge on any atom is 0.124 e. The molecular formula is C13H19NO. The Morgan fingerprint density at radius 2 is 2.13 bits per heavy atom. The number of para-hydroxylation sites is 1. The molecule has 0 heterocycles. The largest absolute Gasteiger partial charge is 0.494 e. The molecule has 0 saturated heterocycles. The molecule has 2 heteroatoms. The molecule has 1 N–H and O–H groups in total. The quantitative estimate of drug-likeness (QED) is 0.721. The van der Waals surface area contributed by atoms with Crippen LogP contribution in [0.25, 0.3) is 0 Å². The minimum absolute atomic E-state index is 0.165. The number of hydrogen-bond donors (Lipinski definition) is 1. The molecule has 0 aliphatic heterocycles. The highest BCUT2D eigenvalue weighted by Crippen LogP contribution is 2.25. The monoisotopic (exact) mass is 205 g/mol. The molecular weight excluding hydrogens is 186 g/mol. The maximum absolute atomic E-state index is 5.58. The van der Waals surface area contributed by atoms with Crippen molar-refractivity contribution in [2.75, 3.05) is 13.2 Å². The van der Waals surface area contributed by atoms with Crippen molar-refractivity contribution < 1.29 is 4.74 Å². The van der Waals surface area contributed by atoms with Gasteiger partial charge in [-0.2, -0.15) is 0 Å². The predicted octanol–water partition coefficient (Wildman–Crippen LogP) is 2.92. The molecule has 1 rings (SSSR count). The summed E-state index contributed by atoms with van der Waals surface area (Å²) in [5, 5.41) is 3.35. The average Bonchev–Trinajstić information content (AvgIpc) is 2.27. The summed E-state index contributed by atoms with van der Waals surface area (Å²) in [4.78, 5) is 0. The van der Waals surface area contributed by atoms with Crippen molar-refractivity contribution in [3.8, 4) is 5.75 Å². The van der Waals surface area contributed by atoms with E-state index in [2.05, 4.69) is 24.9 Å². The highest BCUT2D eigenvalue weighted by Gasteiger charge is 2.10. The van der Waals surface area contributed by atoms with Crippen LogP contribution in [-0.4, -0.2) is 13.2 Å². The van der Waals surface area contributed by atoms with Gasteiger partial charge in [-0.1, -0.05) is 31.2 Å². The molecule has 1 aromatic carbocycles. The van der Waals surface area contributed by atoms with Crippen molar-refractivity contribution in [2.45, 2.75) is 19.9 Å². The first-order valence-electron chi connectivity index (χ1n) is 5.41. The molecule has 0 aromatic heterocycles. The van der Waals surface area contributed by atoms with E-state index in [-0.39, 0.29) is 6.04 Å². The fraction of sp³-hybridized carbons (Fsp3) is 0.385. The van der Waals surface area contributed by atoms with Crippen molar-refractivity contribution in [1.29, 1.82) is 0 Å². The van der Waals surface area contributed by atoms with Crippen molar-refractivity contribution in [3.63, 3.8) is 0 Å². The lowest BCUT2D eigenvalue weighted by molar-refractivity contribution is 0.334. The van der Waals surface area contributed by atoms with Crippen LogP contribution < -0.4 is 10.1 Å². The van der Waals surface area contributed by atoms with Gasteiger partial charge in [0.2, 0.25) is 0 Å². The Morgan fingerprint density at radius 1 is 1.40 bits per heavy atom. The van der Waals surface area contributed by atoms with E-state index in [1.165, 1.54) is 0 Å². The minimum Gasteiger partial charge on any atom is -0.494 e. The van der Waals surface area contributed by atoms with Gasteiger partial charge in [0.05, 0.1) is 12.6 Å². The normalized spacial score (nSPS) is 12.1. The van der Waals surface area contributed by atoms with Crippen LogP contribution in [0.1, 0.15) is 25.5 Å². The van der Waals surface area contributed by atoms with Gasteiger partial charge in [0.15, 0.2) is 0 Å². The summed E-state index contributed by atoms with van der Waals surface area (Å²) in [6.45, 7) is 9.52. The Labute approximate surface area is 92.0 Å². The van der Waals surface area contributed by atoms with Crippen molar-refractivity contribution in [1.82, 2.24) is 5.32 Å². The van der Waals surface area contributed by atoms with Gasteiger partial charge in [0.1, 0.15) is 5.75 Å². The Morgan fingerprint density at radius 3 is 2.73 bits per heavy atom. The van der Waals surface area contributed by atoms with E-state index in [0.717, 1.165) is 17.9 Å². The zero-order valence-corrected chi connectivity index (χ0v) is 9.49. The Balaban J connectivity index is 2.93. The topological polar surface area (TPSA) is 21.3 Å². The molecule has 0 saturated carbocycles. The second kappa shape index (κ2) is 6.25. The Hall–Kier alpha value is -1.28. The summed E-state index contributed by atoms with van der Waals surface area (Å²) in [5.41, 5.74) is 1.15. The third-order valence-electron chi connectivity index (χ3n) is 2.21. The maximum atomic E-state index is 5.58. The highest BCUT2D eigenvalue weighted by molar-refractivity contribution is 5.37. The molecule has 2 nitrogen and oxygen atoms in total. The summed E-state index contributed by atoms with van der Waals surface area (Å²) in [7, 11) is 0. The van der Waals surface area contributed by atoms with Crippen LogP contribution in [0.5, 0.6) is 5.75 Å². The van der Waals surface area contributed by atoms with Gasteiger partial charge in [0, 0.05) is 5.56 Å². The van der Waals surface area contributed by atoms with Gasteiger partial charge in [-0.05, 0) is 19.5 Å². The minimum atomic E-state index is 0.165. The standard InChI is InChI=1S/C13H19NO/c1-4-12(14-5-2)11-9-7-8-10-13(11)15-6-3/h4,7-10,12,14H,1,5-6H2,2-3H3. The Kier molecular flexibility index (Phi) is 4.91. The lowest BCUT2D eigenvalue weighted by Crippen LogP contribution is -2.19. The van der Waals surface area contributed by atoms with Crippen LogP contribution in [-0.2, 0) is 0 Å². The van der Waals surface area contributed by atoms with E-state index in [0.29, 0.717) is 6.61 Å². The van der Waals surface area contributed by atoms with Crippen molar-refractivity contribution >= 4 is 0 Å². The zero-order valence-electron chi connectivity index (χ0n) is 9.49. The van der Waals surface area contributed by atoms with Crippen LogP contribution in [0, 0.1) is 0 Å². The molecule has 0 fully saturated rings. The average molecular weight is 205 g/mol. The molecule has 0 amide bonds. The first-order valence-corrected chi connectivity index (χ1v) is 5.41. The number of ether oxygens (including phenoxy) is 1. The van der Waals surface area contributed by atoms with Crippen LogP contribution in [0.4, 0.5) is 0 Å².